The van der Waals surface area contributed by atoms with Crippen LogP contribution in [0.3, 0.4) is 0 Å². The maximum atomic E-state index is 5.86. The van der Waals surface area contributed by atoms with Gasteiger partial charge < -0.3 is 8.85 Å². The van der Waals surface area contributed by atoms with Crippen molar-refractivity contribution in [2.24, 2.45) is 0 Å². The Labute approximate surface area is 105 Å². The number of hydrogen-bond donors (Lipinski definition) is 0. The van der Waals surface area contributed by atoms with Gasteiger partial charge in [0, 0.05) is 13.2 Å². The second-order valence-electron chi connectivity index (χ2n) is 4.57. The van der Waals surface area contributed by atoms with Crippen molar-refractivity contribution in [2.75, 3.05) is 13.2 Å². The van der Waals surface area contributed by atoms with Crippen LogP contribution in [0.4, 0.5) is 0 Å². The van der Waals surface area contributed by atoms with Crippen molar-refractivity contribution in [3.05, 3.63) is 0 Å². The van der Waals surface area contributed by atoms with Crippen LogP contribution in [0, 0.1) is 0 Å². The van der Waals surface area contributed by atoms with E-state index < -0.39 is 8.56 Å². The van der Waals surface area contributed by atoms with E-state index in [-0.39, 0.29) is 0 Å². The molecule has 1 atom stereocenters. The maximum Gasteiger partial charge on any atom is 0.334 e. The first-order valence-electron chi connectivity index (χ1n) is 6.52. The Morgan fingerprint density at radius 2 is 1.44 bits per heavy atom. The van der Waals surface area contributed by atoms with Crippen molar-refractivity contribution >= 4 is 17.8 Å². The number of rotatable bonds is 9. The molecule has 0 aromatic carbocycles. The lowest BCUT2D eigenvalue weighted by molar-refractivity contribution is 0.187. The first-order valence-corrected chi connectivity index (χ1v) is 9.62. The SMILES string of the molecule is CCO[Si](C)(CCC(P)(CC)CC)OCC. The fraction of sp³-hybridized carbons (Fsp3) is 1.00. The minimum atomic E-state index is -1.91. The van der Waals surface area contributed by atoms with Gasteiger partial charge >= 0.3 is 8.56 Å². The Morgan fingerprint density at radius 1 is 1.00 bits per heavy atom. The van der Waals surface area contributed by atoms with Gasteiger partial charge in [-0.25, -0.2) is 0 Å². The molecular weight excluding hydrogens is 235 g/mol. The summed E-state index contributed by atoms with van der Waals surface area (Å²) in [6, 6.07) is 1.10. The highest BCUT2D eigenvalue weighted by molar-refractivity contribution is 7.19. The predicted molar refractivity (Wildman–Crippen MR) is 77.3 cm³/mol. The monoisotopic (exact) mass is 264 g/mol. The van der Waals surface area contributed by atoms with Gasteiger partial charge in [-0.15, -0.1) is 9.24 Å². The standard InChI is InChI=1S/C12H29O2PSi/c1-6-12(15,7-2)10-11-16(5,13-8-3)14-9-4/h6-11,15H2,1-5H3. The third-order valence-corrected chi connectivity index (χ3v) is 7.45. The highest BCUT2D eigenvalue weighted by atomic mass is 31.0. The molecule has 0 N–H and O–H groups in total. The largest absolute Gasteiger partial charge is 0.395 e. The number of hydrogen-bond acceptors (Lipinski definition) is 2. The summed E-state index contributed by atoms with van der Waals surface area (Å²) < 4.78 is 11.7. The van der Waals surface area contributed by atoms with E-state index in [0.717, 1.165) is 19.3 Å². The summed E-state index contributed by atoms with van der Waals surface area (Å²) in [4.78, 5) is 0. The van der Waals surface area contributed by atoms with Gasteiger partial charge in [-0.3, -0.25) is 0 Å². The summed E-state index contributed by atoms with van der Waals surface area (Å²) in [5, 5.41) is 0.377. The van der Waals surface area contributed by atoms with Crippen LogP contribution in [0.1, 0.15) is 47.0 Å². The van der Waals surface area contributed by atoms with E-state index in [1.54, 1.807) is 0 Å². The fourth-order valence-electron chi connectivity index (χ4n) is 1.88. The molecule has 0 fully saturated rings. The van der Waals surface area contributed by atoms with Gasteiger partial charge in [0.25, 0.3) is 0 Å². The topological polar surface area (TPSA) is 18.5 Å². The van der Waals surface area contributed by atoms with Crippen LogP contribution < -0.4 is 0 Å². The highest BCUT2D eigenvalue weighted by Gasteiger charge is 2.33. The molecule has 0 saturated carbocycles. The van der Waals surface area contributed by atoms with Crippen molar-refractivity contribution in [3.63, 3.8) is 0 Å². The van der Waals surface area contributed by atoms with Gasteiger partial charge in [-0.05, 0) is 50.9 Å². The first-order chi connectivity index (χ1) is 7.45. The zero-order chi connectivity index (χ0) is 12.7. The lowest BCUT2D eigenvalue weighted by Gasteiger charge is -2.32. The average molecular weight is 264 g/mol. The molecule has 2 nitrogen and oxygen atoms in total. The molecule has 0 saturated heterocycles. The Hall–Kier alpha value is 0.567. The van der Waals surface area contributed by atoms with Crippen LogP contribution in [0.25, 0.3) is 0 Å². The van der Waals surface area contributed by atoms with Crippen molar-refractivity contribution in [1.29, 1.82) is 0 Å². The van der Waals surface area contributed by atoms with Crippen LogP contribution >= 0.6 is 9.24 Å². The van der Waals surface area contributed by atoms with Gasteiger partial charge in [0.2, 0.25) is 0 Å². The lowest BCUT2D eigenvalue weighted by atomic mass is 9.99. The molecule has 0 aliphatic rings. The molecule has 1 unspecified atom stereocenters. The minimum Gasteiger partial charge on any atom is -0.395 e. The van der Waals surface area contributed by atoms with Crippen LogP contribution in [0.15, 0.2) is 0 Å². The van der Waals surface area contributed by atoms with E-state index in [4.69, 9.17) is 8.85 Å². The summed E-state index contributed by atoms with van der Waals surface area (Å²) in [7, 11) is 1.13. The molecule has 16 heavy (non-hydrogen) atoms. The molecule has 0 radical (unpaired) electrons. The van der Waals surface area contributed by atoms with Gasteiger partial charge in [0.1, 0.15) is 0 Å². The van der Waals surface area contributed by atoms with Crippen molar-refractivity contribution in [3.8, 4) is 0 Å². The quantitative estimate of drug-likeness (QED) is 0.463. The lowest BCUT2D eigenvalue weighted by Crippen LogP contribution is -2.40. The predicted octanol–water partition coefficient (Wildman–Crippen LogP) is 3.96. The van der Waals surface area contributed by atoms with Gasteiger partial charge in [-0.2, -0.15) is 0 Å². The van der Waals surface area contributed by atoms with Crippen molar-refractivity contribution in [2.45, 2.75) is 64.7 Å². The Bertz CT molecular complexity index is 178. The third-order valence-electron chi connectivity index (χ3n) is 3.38. The van der Waals surface area contributed by atoms with E-state index >= 15 is 0 Å². The van der Waals surface area contributed by atoms with E-state index in [1.807, 2.05) is 0 Å². The Kier molecular flexibility index (Phi) is 8.09. The van der Waals surface area contributed by atoms with Crippen LogP contribution in [0.5, 0.6) is 0 Å². The molecule has 0 aliphatic carbocycles. The van der Waals surface area contributed by atoms with Crippen LogP contribution in [0.2, 0.25) is 12.6 Å². The van der Waals surface area contributed by atoms with E-state index in [2.05, 4.69) is 43.5 Å². The second-order valence-corrected chi connectivity index (χ2v) is 9.14. The van der Waals surface area contributed by atoms with Crippen LogP contribution in [-0.2, 0) is 8.85 Å². The van der Waals surface area contributed by atoms with Gasteiger partial charge in [0.15, 0.2) is 0 Å². The molecule has 0 spiro atoms. The van der Waals surface area contributed by atoms with Gasteiger partial charge in [-0.1, -0.05) is 13.8 Å². The molecule has 98 valence electrons. The van der Waals surface area contributed by atoms with Crippen molar-refractivity contribution < 1.29 is 8.85 Å². The summed E-state index contributed by atoms with van der Waals surface area (Å²) in [5.74, 6) is 0. The Balaban J connectivity index is 4.30. The molecule has 4 heteroatoms. The molecular formula is C12H29O2PSi. The highest BCUT2D eigenvalue weighted by Crippen LogP contribution is 2.34. The second kappa shape index (κ2) is 7.81. The smallest absolute Gasteiger partial charge is 0.334 e. The molecule has 0 bridgehead atoms. The molecule has 0 heterocycles. The van der Waals surface area contributed by atoms with Crippen LogP contribution in [-0.4, -0.2) is 26.9 Å². The molecule has 0 aliphatic heterocycles. The summed E-state index contributed by atoms with van der Waals surface area (Å²) >= 11 is 0. The normalized spacial score (nSPS) is 13.1. The minimum absolute atomic E-state index is 0.377. The van der Waals surface area contributed by atoms with E-state index in [9.17, 15) is 0 Å². The Morgan fingerprint density at radius 3 is 1.75 bits per heavy atom. The summed E-state index contributed by atoms with van der Waals surface area (Å²) in [6.45, 7) is 12.4. The zero-order valence-corrected chi connectivity index (χ0v) is 13.8. The molecule has 0 rings (SSSR count). The average Bonchev–Trinajstić information content (AvgIpc) is 2.27. The molecule has 0 aromatic heterocycles. The molecule has 0 aromatic rings. The fourth-order valence-corrected chi connectivity index (χ4v) is 4.85. The molecule has 0 amide bonds. The summed E-state index contributed by atoms with van der Waals surface area (Å²) in [6.07, 6.45) is 3.60. The summed E-state index contributed by atoms with van der Waals surface area (Å²) in [5.41, 5.74) is 0. The van der Waals surface area contributed by atoms with E-state index in [0.29, 0.717) is 5.16 Å². The maximum absolute atomic E-state index is 5.86. The van der Waals surface area contributed by atoms with Crippen molar-refractivity contribution in [1.82, 2.24) is 0 Å². The van der Waals surface area contributed by atoms with E-state index in [1.165, 1.54) is 19.3 Å². The van der Waals surface area contributed by atoms with Gasteiger partial charge in [0.05, 0.1) is 0 Å². The first kappa shape index (κ1) is 16.6. The zero-order valence-electron chi connectivity index (χ0n) is 11.6. The third kappa shape index (κ3) is 5.76.